The zero-order chi connectivity index (χ0) is 17.7. The average molecular weight is 422 g/mol. The van der Waals surface area contributed by atoms with Crippen LogP contribution in [-0.2, 0) is 6.16 Å². The molecule has 0 aliphatic heterocycles. The van der Waals surface area contributed by atoms with Crippen molar-refractivity contribution in [1.82, 2.24) is 0 Å². The van der Waals surface area contributed by atoms with Crippen LogP contribution in [0.2, 0.25) is 0 Å². The number of benzene rings is 4. The Balaban J connectivity index is 0.00000140. The maximum Gasteiger partial charge on any atom is 0.116 e. The van der Waals surface area contributed by atoms with Gasteiger partial charge in [-0.05, 0) is 42.0 Å². The van der Waals surface area contributed by atoms with Gasteiger partial charge in [-0.1, -0.05) is 84.9 Å². The fourth-order valence-electron chi connectivity index (χ4n) is 3.63. The van der Waals surface area contributed by atoms with E-state index in [1.807, 2.05) is 0 Å². The van der Waals surface area contributed by atoms with Gasteiger partial charge in [-0.15, -0.1) is 0 Å². The van der Waals surface area contributed by atoms with Gasteiger partial charge < -0.3 is 11.0 Å². The molecule has 0 radical (unpaired) electrons. The first-order valence-corrected chi connectivity index (χ1v) is 11.0. The van der Waals surface area contributed by atoms with Crippen molar-refractivity contribution in [2.24, 2.45) is 0 Å². The van der Waals surface area contributed by atoms with Crippen molar-refractivity contribution in [1.29, 1.82) is 0 Å². The lowest BCUT2D eigenvalue weighted by molar-refractivity contribution is 0.823. The molecule has 0 fully saturated rings. The summed E-state index contributed by atoms with van der Waals surface area (Å²) in [5.74, 6) is 0. The maximum atomic E-state index is 2.30. The normalized spacial score (nSPS) is 10.1. The first kappa shape index (κ1) is 24.7. The second-order valence-corrected chi connectivity index (χ2v) is 9.95. The van der Waals surface area contributed by atoms with Gasteiger partial charge in [0.25, 0.3) is 0 Å². The molecule has 1 atom stereocenters. The Hall–Kier alpha value is -2.34. The van der Waals surface area contributed by atoms with Gasteiger partial charge >= 0.3 is 0 Å². The summed E-state index contributed by atoms with van der Waals surface area (Å²) in [7, 11) is -1.78. The number of hydrogen-bond donors (Lipinski definition) is 0. The molecule has 2 nitrogen and oxygen atoms in total. The molecular weight excluding hydrogens is 394 g/mol. The Morgan fingerprint density at radius 1 is 0.448 bits per heavy atom. The number of hydrogen-bond acceptors (Lipinski definition) is 1. The fourth-order valence-corrected chi connectivity index (χ4v) is 7.87. The molecule has 0 aliphatic rings. The molecule has 4 heteroatoms. The molecular formula is C25H28O2P2. The molecule has 0 aromatic heterocycles. The summed E-state index contributed by atoms with van der Waals surface area (Å²) in [6.45, 7) is 0. The van der Waals surface area contributed by atoms with E-state index >= 15 is 0 Å². The minimum absolute atomic E-state index is 0. The van der Waals surface area contributed by atoms with Gasteiger partial charge in [-0.25, -0.2) is 0 Å². The molecule has 4 aromatic rings. The molecule has 3 N–H and O–H groups in total. The van der Waals surface area contributed by atoms with Crippen molar-refractivity contribution in [3.05, 3.63) is 127 Å². The van der Waals surface area contributed by atoms with E-state index in [0.29, 0.717) is 0 Å². The largest absolute Gasteiger partial charge is 0.870 e. The molecule has 0 saturated heterocycles. The highest BCUT2D eigenvalue weighted by atomic mass is 31.2. The smallest absolute Gasteiger partial charge is 0.116 e. The summed E-state index contributed by atoms with van der Waals surface area (Å²) < 4.78 is 0. The zero-order valence-electron chi connectivity index (χ0n) is 16.4. The summed E-state index contributed by atoms with van der Waals surface area (Å²) in [6, 6.07) is 44.0. The number of rotatable bonds is 5. The predicted molar refractivity (Wildman–Crippen MR) is 132 cm³/mol. The molecule has 4 aromatic carbocycles. The average Bonchev–Trinajstić information content (AvgIpc) is 2.75. The molecule has 150 valence electrons. The lowest BCUT2D eigenvalue weighted by Gasteiger charge is -2.27. The van der Waals surface area contributed by atoms with Gasteiger partial charge in [0.05, 0.1) is 6.16 Å². The first-order chi connectivity index (χ1) is 12.9. The van der Waals surface area contributed by atoms with Crippen LogP contribution in [0.1, 0.15) is 5.56 Å². The minimum Gasteiger partial charge on any atom is -0.870 e. The van der Waals surface area contributed by atoms with Gasteiger partial charge in [0.15, 0.2) is 0 Å². The lowest BCUT2D eigenvalue weighted by atomic mass is 10.2. The van der Waals surface area contributed by atoms with Crippen LogP contribution in [0, 0.1) is 0 Å². The quantitative estimate of drug-likeness (QED) is 0.444. The summed E-state index contributed by atoms with van der Waals surface area (Å²) in [6.07, 6.45) is 1.03. The van der Waals surface area contributed by atoms with Crippen LogP contribution in [0.15, 0.2) is 121 Å². The van der Waals surface area contributed by atoms with E-state index < -0.39 is 7.26 Å². The Bertz CT molecular complexity index is 850. The summed E-state index contributed by atoms with van der Waals surface area (Å²) >= 11 is 0. The van der Waals surface area contributed by atoms with Crippen molar-refractivity contribution in [2.75, 3.05) is 0 Å². The molecule has 29 heavy (non-hydrogen) atoms. The fraction of sp³-hybridized carbons (Fsp3) is 0.0400. The Labute approximate surface area is 177 Å². The van der Waals surface area contributed by atoms with E-state index in [0.717, 1.165) is 6.16 Å². The molecule has 0 aliphatic carbocycles. The van der Waals surface area contributed by atoms with Crippen molar-refractivity contribution in [3.63, 3.8) is 0 Å². The van der Waals surface area contributed by atoms with Gasteiger partial charge in [0, 0.05) is 0 Å². The van der Waals surface area contributed by atoms with Crippen LogP contribution >= 0.6 is 17.2 Å². The van der Waals surface area contributed by atoms with Gasteiger partial charge in [-0.2, -0.15) is 9.90 Å². The van der Waals surface area contributed by atoms with Crippen molar-refractivity contribution in [2.45, 2.75) is 6.16 Å². The van der Waals surface area contributed by atoms with Gasteiger partial charge in [0.2, 0.25) is 0 Å². The van der Waals surface area contributed by atoms with Gasteiger partial charge in [0.1, 0.15) is 23.2 Å². The molecule has 0 amide bonds. The molecule has 0 saturated carbocycles. The molecule has 0 spiro atoms. The van der Waals surface area contributed by atoms with Crippen LogP contribution in [0.25, 0.3) is 0 Å². The van der Waals surface area contributed by atoms with Crippen LogP contribution in [-0.4, -0.2) is 11.0 Å². The standard InChI is InChI=1S/C25H22P.2H2O.H3P/c1-5-13-22(14-6-1)21-26(23-15-7-2-8-16-23,24-17-9-3-10-18-24)25-19-11-4-12-20-25;;;/h1-20H,21H2;2*1H2;1H3/q+1;;;/p-1. The van der Waals surface area contributed by atoms with E-state index in [4.69, 9.17) is 0 Å². The zero-order valence-corrected chi connectivity index (χ0v) is 18.7. The van der Waals surface area contributed by atoms with E-state index in [2.05, 4.69) is 121 Å². The highest BCUT2D eigenvalue weighted by Crippen LogP contribution is 2.58. The third-order valence-corrected chi connectivity index (χ3v) is 9.23. The van der Waals surface area contributed by atoms with E-state index in [9.17, 15) is 0 Å². The maximum absolute atomic E-state index is 2.30. The van der Waals surface area contributed by atoms with E-state index in [-0.39, 0.29) is 20.9 Å². The first-order valence-electron chi connectivity index (χ1n) is 8.98. The monoisotopic (exact) mass is 422 g/mol. The Kier molecular flexibility index (Phi) is 9.89. The molecule has 0 heterocycles. The topological polar surface area (TPSA) is 61.5 Å². The predicted octanol–water partition coefficient (Wildman–Crippen LogP) is 4.24. The third kappa shape index (κ3) is 5.18. The van der Waals surface area contributed by atoms with Crippen molar-refractivity contribution in [3.8, 4) is 0 Å². The summed E-state index contributed by atoms with van der Waals surface area (Å²) in [4.78, 5) is 0. The van der Waals surface area contributed by atoms with Crippen LogP contribution in [0.5, 0.6) is 0 Å². The van der Waals surface area contributed by atoms with Crippen molar-refractivity contribution < 1.29 is 11.0 Å². The van der Waals surface area contributed by atoms with Gasteiger partial charge in [-0.3, -0.25) is 0 Å². The molecule has 1 unspecified atom stereocenters. The lowest BCUT2D eigenvalue weighted by Crippen LogP contribution is -2.32. The highest BCUT2D eigenvalue weighted by Gasteiger charge is 2.45. The van der Waals surface area contributed by atoms with E-state index in [1.54, 1.807) is 0 Å². The van der Waals surface area contributed by atoms with E-state index in [1.165, 1.54) is 21.5 Å². The molecule has 4 rings (SSSR count). The van der Waals surface area contributed by atoms with Crippen LogP contribution < -0.4 is 15.9 Å². The second kappa shape index (κ2) is 11.6. The van der Waals surface area contributed by atoms with Crippen molar-refractivity contribution >= 4 is 33.1 Å². The summed E-state index contributed by atoms with van der Waals surface area (Å²) in [5.41, 5.74) is 1.39. The summed E-state index contributed by atoms with van der Waals surface area (Å²) in [5, 5.41) is 4.30. The Morgan fingerprint density at radius 3 is 1.03 bits per heavy atom. The SMILES string of the molecule is O.P.[OH-].c1ccc(C[P+](c2ccccc2)(c2ccccc2)c2ccccc2)cc1. The third-order valence-electron chi connectivity index (χ3n) is 4.85. The van der Waals surface area contributed by atoms with Crippen LogP contribution in [0.3, 0.4) is 0 Å². The Morgan fingerprint density at radius 2 is 0.724 bits per heavy atom. The highest BCUT2D eigenvalue weighted by molar-refractivity contribution is 7.95. The molecule has 0 bridgehead atoms. The second-order valence-electron chi connectivity index (χ2n) is 6.46. The van der Waals surface area contributed by atoms with Crippen LogP contribution in [0.4, 0.5) is 0 Å². The minimum atomic E-state index is -1.78.